The summed E-state index contributed by atoms with van der Waals surface area (Å²) in [6.45, 7) is 6.80. The van der Waals surface area contributed by atoms with Gasteiger partial charge in [-0.1, -0.05) is 360 Å². The maximum absolute atomic E-state index is 14.6. The van der Waals surface area contributed by atoms with Gasteiger partial charge < -0.3 is 19.3 Å². The molecule has 478 valence electrons. The van der Waals surface area contributed by atoms with Gasteiger partial charge in [0.25, 0.3) is 0 Å². The number of benzene rings is 1. The lowest BCUT2D eigenvalue weighted by atomic mass is 9.79. The molecule has 0 saturated carbocycles. The van der Waals surface area contributed by atoms with Crippen LogP contribution in [-0.2, 0) is 28.6 Å². The Balaban J connectivity index is 2.71. The van der Waals surface area contributed by atoms with Gasteiger partial charge in [-0.2, -0.15) is 0 Å². The zero-order valence-electron chi connectivity index (χ0n) is 54.1. The van der Waals surface area contributed by atoms with Gasteiger partial charge in [-0.05, 0) is 31.4 Å². The van der Waals surface area contributed by atoms with E-state index in [2.05, 4.69) is 20.8 Å². The van der Waals surface area contributed by atoms with Gasteiger partial charge in [-0.25, -0.2) is 9.18 Å². The average Bonchev–Trinajstić information content (AvgIpc) is 3.62. The Kier molecular flexibility index (Phi) is 55.1. The Hall–Kier alpha value is -2.81. The molecule has 1 N–H and O–H groups in total. The maximum atomic E-state index is 14.6. The third kappa shape index (κ3) is 45.5. The van der Waals surface area contributed by atoms with Gasteiger partial charge >= 0.3 is 17.9 Å². The highest BCUT2D eigenvalue weighted by molar-refractivity contribution is 6.13. The van der Waals surface area contributed by atoms with Crippen LogP contribution in [0.5, 0.6) is 0 Å². The van der Waals surface area contributed by atoms with Crippen molar-refractivity contribution in [3.8, 4) is 0 Å². The molecule has 0 radical (unpaired) electrons. The number of ether oxygens (including phenoxy) is 3. The number of halogens is 1. The van der Waals surface area contributed by atoms with Crippen LogP contribution in [0.4, 0.5) is 4.39 Å². The molecule has 0 heterocycles. The third-order valence-electron chi connectivity index (χ3n) is 17.1. The van der Waals surface area contributed by atoms with Crippen LogP contribution in [0.25, 0.3) is 0 Å². The standard InChI is InChI=1S/C73H131FO8/c1-4-7-10-13-16-19-22-25-28-31-34-37-40-43-46-49-52-55-61-80-68(75)65-73(79,72(78)82-63-57-54-51-48-45-42-39-36-33-30-27-24-21-18-15-12-9-6-3)69(70(76)66-59-58-60-67(74)64-66)71(77)81-62-56-53-50-47-44-41-38-35-32-29-26-23-20-17-14-11-8-5-2/h58-60,64,69,79H,4-57,61-63,65H2,1-3H3. The minimum atomic E-state index is -2.94. The van der Waals surface area contributed by atoms with E-state index in [0.29, 0.717) is 19.3 Å². The van der Waals surface area contributed by atoms with Gasteiger partial charge in [0.2, 0.25) is 0 Å². The molecule has 1 aromatic rings. The van der Waals surface area contributed by atoms with Crippen molar-refractivity contribution >= 4 is 23.7 Å². The molecule has 0 aliphatic rings. The molecule has 0 spiro atoms. The van der Waals surface area contributed by atoms with E-state index in [-0.39, 0.29) is 25.4 Å². The molecular formula is C73H131FO8. The number of carbonyl (C=O) groups excluding carboxylic acids is 4. The summed E-state index contributed by atoms with van der Waals surface area (Å²) in [5, 5.41) is 12.4. The second-order valence-corrected chi connectivity index (χ2v) is 25.0. The van der Waals surface area contributed by atoms with Crippen LogP contribution in [0.2, 0.25) is 0 Å². The molecule has 0 bridgehead atoms. The predicted octanol–water partition coefficient (Wildman–Crippen LogP) is 22.5. The van der Waals surface area contributed by atoms with Crippen molar-refractivity contribution in [2.45, 2.75) is 380 Å². The van der Waals surface area contributed by atoms with Gasteiger partial charge in [0.15, 0.2) is 17.3 Å². The van der Waals surface area contributed by atoms with Crippen LogP contribution in [0.3, 0.4) is 0 Å². The van der Waals surface area contributed by atoms with E-state index in [1.165, 1.54) is 275 Å². The number of hydrogen-bond acceptors (Lipinski definition) is 8. The van der Waals surface area contributed by atoms with E-state index in [9.17, 15) is 28.7 Å². The summed E-state index contributed by atoms with van der Waals surface area (Å²) in [7, 11) is 0. The summed E-state index contributed by atoms with van der Waals surface area (Å²) >= 11 is 0. The lowest BCUT2D eigenvalue weighted by Gasteiger charge is -2.31. The molecule has 1 rings (SSSR count). The van der Waals surface area contributed by atoms with Crippen LogP contribution in [0.15, 0.2) is 24.3 Å². The SMILES string of the molecule is CCCCCCCCCCCCCCCCCCCCOC(=O)CC(O)(C(=O)OCCCCCCCCCCCCCCCCCCCC)C(C(=O)OCCCCCCCCCCCCCCCCCCCC)C(=O)c1cccc(F)c1. The quantitative estimate of drug-likeness (QED) is 0.0225. The Morgan fingerprint density at radius 2 is 0.634 bits per heavy atom. The molecular weight excluding hydrogens is 1020 g/mol. The number of hydrogen-bond donors (Lipinski definition) is 1. The normalized spacial score (nSPS) is 12.6. The van der Waals surface area contributed by atoms with Crippen molar-refractivity contribution in [2.75, 3.05) is 19.8 Å². The van der Waals surface area contributed by atoms with Crippen molar-refractivity contribution in [1.82, 2.24) is 0 Å². The Morgan fingerprint density at radius 3 is 0.915 bits per heavy atom. The molecule has 0 aliphatic carbocycles. The van der Waals surface area contributed by atoms with E-state index in [1.54, 1.807) is 0 Å². The maximum Gasteiger partial charge on any atom is 0.340 e. The van der Waals surface area contributed by atoms with Crippen molar-refractivity contribution in [2.24, 2.45) is 5.92 Å². The number of aliphatic hydroxyl groups is 1. The lowest BCUT2D eigenvalue weighted by Crippen LogP contribution is -2.55. The number of rotatable bonds is 64. The molecule has 1 aromatic carbocycles. The first-order valence-corrected chi connectivity index (χ1v) is 35.7. The van der Waals surface area contributed by atoms with Gasteiger partial charge in [0.1, 0.15) is 5.82 Å². The molecule has 0 saturated heterocycles. The van der Waals surface area contributed by atoms with E-state index in [4.69, 9.17) is 14.2 Å². The van der Waals surface area contributed by atoms with Gasteiger partial charge in [0.05, 0.1) is 26.2 Å². The van der Waals surface area contributed by atoms with E-state index in [0.717, 1.165) is 76.7 Å². The second-order valence-electron chi connectivity index (χ2n) is 25.0. The number of carbonyl (C=O) groups is 4. The molecule has 0 aliphatic heterocycles. The third-order valence-corrected chi connectivity index (χ3v) is 17.1. The number of unbranched alkanes of at least 4 members (excludes halogenated alkanes) is 51. The summed E-state index contributed by atoms with van der Waals surface area (Å²) in [4.78, 5) is 56.1. The first-order chi connectivity index (χ1) is 40.2. The van der Waals surface area contributed by atoms with Crippen LogP contribution >= 0.6 is 0 Å². The number of Topliss-reactive ketones (excluding diaryl/α,β-unsaturated/α-hetero) is 1. The van der Waals surface area contributed by atoms with Crippen molar-refractivity contribution in [3.63, 3.8) is 0 Å². The summed E-state index contributed by atoms with van der Waals surface area (Å²) < 4.78 is 31.4. The molecule has 9 heteroatoms. The van der Waals surface area contributed by atoms with E-state index >= 15 is 0 Å². The molecule has 8 nitrogen and oxygen atoms in total. The molecule has 0 amide bonds. The van der Waals surface area contributed by atoms with Crippen LogP contribution < -0.4 is 0 Å². The zero-order valence-corrected chi connectivity index (χ0v) is 54.1. The van der Waals surface area contributed by atoms with Crippen molar-refractivity contribution in [1.29, 1.82) is 0 Å². The molecule has 2 unspecified atom stereocenters. The number of ketones is 1. The summed E-state index contributed by atoms with van der Waals surface area (Å²) in [6, 6.07) is 4.78. The highest BCUT2D eigenvalue weighted by Gasteiger charge is 2.55. The Bertz CT molecular complexity index is 1600. The Morgan fingerprint density at radius 1 is 0.378 bits per heavy atom. The highest BCUT2D eigenvalue weighted by atomic mass is 19.1. The predicted molar refractivity (Wildman–Crippen MR) is 343 cm³/mol. The minimum absolute atomic E-state index is 0.0290. The molecule has 2 atom stereocenters. The lowest BCUT2D eigenvalue weighted by molar-refractivity contribution is -0.183. The topological polar surface area (TPSA) is 116 Å². The smallest absolute Gasteiger partial charge is 0.340 e. The van der Waals surface area contributed by atoms with E-state index in [1.807, 2.05) is 0 Å². The fourth-order valence-corrected chi connectivity index (χ4v) is 11.6. The first-order valence-electron chi connectivity index (χ1n) is 35.7. The molecule has 82 heavy (non-hydrogen) atoms. The largest absolute Gasteiger partial charge is 0.466 e. The molecule has 0 aromatic heterocycles. The van der Waals surface area contributed by atoms with Gasteiger partial charge in [-0.15, -0.1) is 0 Å². The summed E-state index contributed by atoms with van der Waals surface area (Å²) in [6.07, 6.45) is 65.1. The minimum Gasteiger partial charge on any atom is -0.466 e. The van der Waals surface area contributed by atoms with E-state index < -0.39 is 47.4 Å². The summed E-state index contributed by atoms with van der Waals surface area (Å²) in [5.41, 5.74) is -3.16. The van der Waals surface area contributed by atoms with Crippen LogP contribution in [0.1, 0.15) is 384 Å². The first kappa shape index (κ1) is 77.2. The average molecular weight is 1160 g/mol. The fourth-order valence-electron chi connectivity index (χ4n) is 11.6. The number of esters is 3. The van der Waals surface area contributed by atoms with Crippen LogP contribution in [0, 0.1) is 11.7 Å². The zero-order chi connectivity index (χ0) is 59.5. The fraction of sp³-hybridized carbons (Fsp3) is 0.863. The Labute approximate surface area is 505 Å². The van der Waals surface area contributed by atoms with Gasteiger partial charge in [-0.3, -0.25) is 14.4 Å². The monoisotopic (exact) mass is 1150 g/mol. The molecule has 0 fully saturated rings. The highest BCUT2D eigenvalue weighted by Crippen LogP contribution is 2.31. The summed E-state index contributed by atoms with van der Waals surface area (Å²) in [5.74, 6) is -7.25. The van der Waals surface area contributed by atoms with Crippen LogP contribution in [-0.4, -0.2) is 54.2 Å². The van der Waals surface area contributed by atoms with Crippen molar-refractivity contribution in [3.05, 3.63) is 35.6 Å². The second kappa shape index (κ2) is 58.6. The van der Waals surface area contributed by atoms with Gasteiger partial charge in [0, 0.05) is 5.56 Å². The van der Waals surface area contributed by atoms with Crippen molar-refractivity contribution < 1.29 is 42.9 Å².